The van der Waals surface area contributed by atoms with E-state index in [1.165, 1.54) is 18.9 Å². The molecule has 0 spiro atoms. The number of halogens is 24. The zero-order valence-electron chi connectivity index (χ0n) is 21.8. The molecule has 0 radical (unpaired) electrons. The van der Waals surface area contributed by atoms with E-state index in [4.69, 9.17) is 20.4 Å². The summed E-state index contributed by atoms with van der Waals surface area (Å²) in [5.74, 6) is -28.0. The first kappa shape index (κ1) is 47.0. The molecule has 0 aromatic rings. The van der Waals surface area contributed by atoms with Gasteiger partial charge in [-0.15, -0.1) is 0 Å². The minimum absolute atomic E-state index is 1.28. The smallest absolute Gasteiger partial charge is 0.390 e. The number of aliphatic hydroxyl groups is 4. The molecule has 0 rings (SSSR count). The second kappa shape index (κ2) is 13.2. The van der Waals surface area contributed by atoms with Crippen LogP contribution in [0.3, 0.4) is 0 Å². The summed E-state index contributed by atoms with van der Waals surface area (Å²) >= 11 is 0. The topological polar surface area (TPSA) is 118 Å². The van der Waals surface area contributed by atoms with E-state index in [0.717, 1.165) is 0 Å². The quantitative estimate of drug-likeness (QED) is 0.123. The molecular formula is C17H12F24O8. The van der Waals surface area contributed by atoms with Crippen LogP contribution in [0.2, 0.25) is 0 Å². The van der Waals surface area contributed by atoms with Crippen molar-refractivity contribution in [3.8, 4) is 0 Å². The van der Waals surface area contributed by atoms with Gasteiger partial charge in [0.15, 0.2) is 0 Å². The van der Waals surface area contributed by atoms with Crippen molar-refractivity contribution in [1.29, 1.82) is 0 Å². The third kappa shape index (κ3) is 7.93. The van der Waals surface area contributed by atoms with Crippen LogP contribution < -0.4 is 0 Å². The maximum absolute atomic E-state index is 15.0. The maximum Gasteiger partial charge on any atom is 0.426 e. The van der Waals surface area contributed by atoms with E-state index in [-0.39, 0.29) is 0 Å². The Morgan fingerprint density at radius 1 is 0.245 bits per heavy atom. The van der Waals surface area contributed by atoms with Crippen molar-refractivity contribution in [2.24, 2.45) is 5.41 Å². The number of alkyl halides is 24. The molecule has 49 heavy (non-hydrogen) atoms. The van der Waals surface area contributed by atoms with Crippen molar-refractivity contribution in [1.82, 2.24) is 0 Å². The second-order valence-corrected chi connectivity index (χ2v) is 8.74. The summed E-state index contributed by atoms with van der Waals surface area (Å²) in [7, 11) is 0. The molecule has 0 aliphatic rings. The highest BCUT2D eigenvalue weighted by atomic mass is 19.4. The van der Waals surface area contributed by atoms with Crippen LogP contribution in [0.1, 0.15) is 0 Å². The van der Waals surface area contributed by atoms with Crippen LogP contribution in [0.4, 0.5) is 105 Å². The lowest BCUT2D eigenvalue weighted by molar-refractivity contribution is -0.624. The van der Waals surface area contributed by atoms with Crippen molar-refractivity contribution < 1.29 is 145 Å². The Morgan fingerprint density at radius 2 is 0.367 bits per heavy atom. The predicted octanol–water partition coefficient (Wildman–Crippen LogP) is 5.29. The predicted molar refractivity (Wildman–Crippen MR) is 94.5 cm³/mol. The molecule has 0 amide bonds. The number of hydrogen-bond donors (Lipinski definition) is 4. The lowest BCUT2D eigenvalue weighted by Gasteiger charge is -2.51. The van der Waals surface area contributed by atoms with Crippen molar-refractivity contribution in [3.63, 3.8) is 0 Å². The van der Waals surface area contributed by atoms with Crippen LogP contribution in [-0.2, 0) is 18.9 Å². The Balaban J connectivity index is 8.84. The van der Waals surface area contributed by atoms with Gasteiger partial charge in [0.25, 0.3) is 0 Å². The molecule has 296 valence electrons. The van der Waals surface area contributed by atoms with E-state index >= 15 is 35.1 Å². The number of hydrogen-bond acceptors (Lipinski definition) is 8. The summed E-state index contributed by atoms with van der Waals surface area (Å²) in [5.41, 5.74) is -9.83. The Morgan fingerprint density at radius 3 is 0.469 bits per heavy atom. The lowest BCUT2D eigenvalue weighted by atomic mass is 9.80. The molecule has 0 bridgehead atoms. The van der Waals surface area contributed by atoms with Gasteiger partial charge >= 0.3 is 78.0 Å². The van der Waals surface area contributed by atoms with Gasteiger partial charge < -0.3 is 20.4 Å². The lowest BCUT2D eigenvalue weighted by Crippen LogP contribution is -2.78. The molecule has 0 aliphatic carbocycles. The highest BCUT2D eigenvalue weighted by Crippen LogP contribution is 2.70. The molecule has 0 saturated heterocycles. The fourth-order valence-electron chi connectivity index (χ4n) is 2.63. The standard InChI is InChI=1S/C17H12F24O8/c18-5(19,1-42)10(26,27)46-14(34,35)9(15(36,37)47-11(28,29)6(20,21)2-43,16(38,39)48-12(30,31)7(22,23)3-44)17(40,41)49-13(32,33)8(24,25)4-45/h42-45H,1-4H2. The normalized spacial score (nSPS) is 16.4. The van der Waals surface area contributed by atoms with Crippen LogP contribution in [0.15, 0.2) is 0 Å². The average molecular weight is 800 g/mol. The Bertz CT molecular complexity index is 953. The van der Waals surface area contributed by atoms with Gasteiger partial charge in [0, 0.05) is 0 Å². The molecule has 0 aromatic heterocycles. The molecule has 8 nitrogen and oxygen atoms in total. The minimum atomic E-state index is -9.83. The van der Waals surface area contributed by atoms with Crippen LogP contribution in [0.5, 0.6) is 0 Å². The van der Waals surface area contributed by atoms with Crippen molar-refractivity contribution in [2.75, 3.05) is 26.4 Å². The van der Waals surface area contributed by atoms with E-state index in [1.807, 2.05) is 0 Å². The first-order chi connectivity index (χ1) is 21.1. The molecule has 4 N–H and O–H groups in total. The molecule has 0 saturated carbocycles. The maximum atomic E-state index is 15.0. The van der Waals surface area contributed by atoms with Crippen LogP contribution in [-0.4, -0.2) is 119 Å². The zero-order chi connectivity index (χ0) is 40.2. The van der Waals surface area contributed by atoms with E-state index < -0.39 is 104 Å². The Hall–Kier alpha value is -2.00. The Labute approximate surface area is 250 Å². The summed E-state index contributed by atoms with van der Waals surface area (Å²) in [6.45, 7) is -15.0. The van der Waals surface area contributed by atoms with Gasteiger partial charge in [-0.2, -0.15) is 105 Å². The summed E-state index contributed by atoms with van der Waals surface area (Å²) < 4.78 is 342. The number of aliphatic hydroxyl groups excluding tert-OH is 4. The van der Waals surface area contributed by atoms with Crippen molar-refractivity contribution in [3.05, 3.63) is 0 Å². The van der Waals surface area contributed by atoms with Crippen LogP contribution in [0.25, 0.3) is 0 Å². The summed E-state index contributed by atoms with van der Waals surface area (Å²) in [4.78, 5) is 0. The first-order valence-corrected chi connectivity index (χ1v) is 10.8. The van der Waals surface area contributed by atoms with Crippen molar-refractivity contribution >= 4 is 0 Å². The average Bonchev–Trinajstić information content (AvgIpc) is 2.84. The number of ether oxygens (including phenoxy) is 4. The zero-order valence-corrected chi connectivity index (χ0v) is 21.8. The molecule has 0 fully saturated rings. The van der Waals surface area contributed by atoms with Gasteiger partial charge in [-0.1, -0.05) is 0 Å². The van der Waals surface area contributed by atoms with Crippen LogP contribution in [0, 0.1) is 5.41 Å². The van der Waals surface area contributed by atoms with Gasteiger partial charge in [-0.3, -0.25) is 0 Å². The van der Waals surface area contributed by atoms with Gasteiger partial charge in [0.2, 0.25) is 0 Å². The van der Waals surface area contributed by atoms with Crippen molar-refractivity contribution in [2.45, 2.75) is 72.6 Å². The summed E-state index contributed by atoms with van der Waals surface area (Å²) in [6, 6.07) is 0. The van der Waals surface area contributed by atoms with E-state index in [0.29, 0.717) is 0 Å². The minimum Gasteiger partial charge on any atom is -0.390 e. The Kier molecular flexibility index (Phi) is 12.7. The summed E-state index contributed by atoms with van der Waals surface area (Å²) in [6.07, 6.45) is -69.2. The SMILES string of the molecule is OCC(F)(F)C(F)(F)OC(F)(F)C(C(F)(F)OC(F)(F)C(F)(F)CO)(C(F)(F)OC(F)(F)C(F)(F)CO)C(F)(F)OC(F)(F)C(F)(F)CO. The highest BCUT2D eigenvalue weighted by Gasteiger charge is 2.98. The monoisotopic (exact) mass is 800 g/mol. The van der Waals surface area contributed by atoms with E-state index in [9.17, 15) is 70.2 Å². The third-order valence-electron chi connectivity index (χ3n) is 5.27. The molecule has 32 heteroatoms. The molecule has 0 heterocycles. The third-order valence-corrected chi connectivity index (χ3v) is 5.27. The van der Waals surface area contributed by atoms with E-state index in [1.54, 1.807) is 0 Å². The van der Waals surface area contributed by atoms with E-state index in [2.05, 4.69) is 0 Å². The second-order valence-electron chi connectivity index (χ2n) is 8.74. The highest BCUT2D eigenvalue weighted by molar-refractivity contribution is 5.09. The van der Waals surface area contributed by atoms with Gasteiger partial charge in [0.05, 0.1) is 0 Å². The first-order valence-electron chi connectivity index (χ1n) is 10.8. The largest absolute Gasteiger partial charge is 0.426 e. The molecular weight excluding hydrogens is 788 g/mol. The van der Waals surface area contributed by atoms with Gasteiger partial charge in [0.1, 0.15) is 26.4 Å². The summed E-state index contributed by atoms with van der Waals surface area (Å²) in [5, 5.41) is 32.5. The van der Waals surface area contributed by atoms with Crippen LogP contribution >= 0.6 is 0 Å². The fraction of sp³-hybridized carbons (Fsp3) is 1.00. The number of rotatable bonds is 20. The molecule has 0 aromatic carbocycles. The molecule has 0 aliphatic heterocycles. The molecule has 0 atom stereocenters. The van der Waals surface area contributed by atoms with Gasteiger partial charge in [-0.05, 0) is 0 Å². The molecule has 0 unspecified atom stereocenters. The van der Waals surface area contributed by atoms with Gasteiger partial charge in [-0.25, -0.2) is 18.9 Å². The fourth-order valence-corrected chi connectivity index (χ4v) is 2.63.